The fourth-order valence-corrected chi connectivity index (χ4v) is 2.56. The van der Waals surface area contributed by atoms with Crippen LogP contribution in [0.2, 0.25) is 0 Å². The summed E-state index contributed by atoms with van der Waals surface area (Å²) >= 11 is 3.66. The standard InChI is InChI=1S/C16H28BrN3/c1-7-20-14(15(17)13(3)19-20)11-12(2)9-8-10-18-16(4,5)6/h9,18H,7-8,10-11H2,1-6H3. The monoisotopic (exact) mass is 341 g/mol. The van der Waals surface area contributed by atoms with Crippen molar-refractivity contribution in [2.75, 3.05) is 6.54 Å². The number of halogens is 1. The number of nitrogens with zero attached hydrogens (tertiary/aromatic N) is 2. The minimum atomic E-state index is 0.197. The van der Waals surface area contributed by atoms with Gasteiger partial charge in [0.15, 0.2) is 0 Å². The maximum atomic E-state index is 4.54. The fraction of sp³-hybridized carbons (Fsp3) is 0.688. The maximum Gasteiger partial charge on any atom is 0.0738 e. The van der Waals surface area contributed by atoms with E-state index in [0.717, 1.165) is 36.1 Å². The lowest BCUT2D eigenvalue weighted by molar-refractivity contribution is 0.431. The molecule has 0 bridgehead atoms. The zero-order valence-corrected chi connectivity index (χ0v) is 15.3. The van der Waals surface area contributed by atoms with Crippen LogP contribution in [0.1, 0.15) is 52.4 Å². The van der Waals surface area contributed by atoms with Crippen LogP contribution in [-0.4, -0.2) is 21.9 Å². The molecule has 1 aromatic heterocycles. The molecule has 4 heteroatoms. The summed E-state index contributed by atoms with van der Waals surface area (Å²) in [5.74, 6) is 0. The summed E-state index contributed by atoms with van der Waals surface area (Å²) in [5.41, 5.74) is 3.95. The van der Waals surface area contributed by atoms with E-state index in [2.05, 4.69) is 71.7 Å². The molecular weight excluding hydrogens is 314 g/mol. The van der Waals surface area contributed by atoms with E-state index in [1.54, 1.807) is 0 Å². The van der Waals surface area contributed by atoms with Crippen LogP contribution in [0.25, 0.3) is 0 Å². The van der Waals surface area contributed by atoms with Gasteiger partial charge in [-0.1, -0.05) is 11.6 Å². The van der Waals surface area contributed by atoms with E-state index in [0.29, 0.717) is 0 Å². The van der Waals surface area contributed by atoms with Gasteiger partial charge < -0.3 is 5.32 Å². The van der Waals surface area contributed by atoms with Gasteiger partial charge in [-0.3, -0.25) is 4.68 Å². The highest BCUT2D eigenvalue weighted by Gasteiger charge is 2.12. The molecule has 114 valence electrons. The molecule has 0 aromatic carbocycles. The van der Waals surface area contributed by atoms with Crippen LogP contribution in [0.5, 0.6) is 0 Å². The van der Waals surface area contributed by atoms with Crippen molar-refractivity contribution in [1.29, 1.82) is 0 Å². The van der Waals surface area contributed by atoms with Crippen molar-refractivity contribution >= 4 is 15.9 Å². The first kappa shape index (κ1) is 17.4. The number of hydrogen-bond acceptors (Lipinski definition) is 2. The summed E-state index contributed by atoms with van der Waals surface area (Å²) < 4.78 is 3.24. The lowest BCUT2D eigenvalue weighted by atomic mass is 10.1. The fourth-order valence-electron chi connectivity index (χ4n) is 2.14. The summed E-state index contributed by atoms with van der Waals surface area (Å²) in [6.07, 6.45) is 4.36. The van der Waals surface area contributed by atoms with Gasteiger partial charge in [0, 0.05) is 18.5 Å². The average Bonchev–Trinajstić information content (AvgIpc) is 2.61. The molecular formula is C16H28BrN3. The Hall–Kier alpha value is -0.610. The first-order chi connectivity index (χ1) is 9.24. The largest absolute Gasteiger partial charge is 0.312 e. The van der Waals surface area contributed by atoms with E-state index in [1.807, 2.05) is 6.92 Å². The molecule has 0 aliphatic rings. The molecule has 0 aliphatic heterocycles. The summed E-state index contributed by atoms with van der Waals surface area (Å²) in [5, 5.41) is 8.05. The number of rotatable bonds is 6. The van der Waals surface area contributed by atoms with Crippen molar-refractivity contribution in [3.05, 3.63) is 27.5 Å². The Morgan fingerprint density at radius 2 is 2.05 bits per heavy atom. The van der Waals surface area contributed by atoms with E-state index < -0.39 is 0 Å². The number of hydrogen-bond donors (Lipinski definition) is 1. The van der Waals surface area contributed by atoms with Crippen molar-refractivity contribution in [3.63, 3.8) is 0 Å². The Labute approximate surface area is 132 Å². The third-order valence-electron chi connectivity index (χ3n) is 3.19. The minimum Gasteiger partial charge on any atom is -0.312 e. The predicted molar refractivity (Wildman–Crippen MR) is 90.2 cm³/mol. The van der Waals surface area contributed by atoms with Crippen LogP contribution in [-0.2, 0) is 13.0 Å². The number of allylic oxidation sites excluding steroid dienone is 1. The van der Waals surface area contributed by atoms with Gasteiger partial charge in [0.1, 0.15) is 0 Å². The van der Waals surface area contributed by atoms with Gasteiger partial charge in [0.25, 0.3) is 0 Å². The highest BCUT2D eigenvalue weighted by Crippen LogP contribution is 2.23. The van der Waals surface area contributed by atoms with Crippen molar-refractivity contribution in [2.45, 2.75) is 66.5 Å². The summed E-state index contributed by atoms with van der Waals surface area (Å²) in [6.45, 7) is 14.9. The lowest BCUT2D eigenvalue weighted by Gasteiger charge is -2.19. The van der Waals surface area contributed by atoms with Gasteiger partial charge in [-0.05, 0) is 70.4 Å². The number of nitrogens with one attached hydrogen (secondary N) is 1. The molecule has 0 aliphatic carbocycles. The molecule has 3 nitrogen and oxygen atoms in total. The SMILES string of the molecule is CCn1nc(C)c(Br)c1CC(C)=CCCNC(C)(C)C. The van der Waals surface area contributed by atoms with Gasteiger partial charge in [-0.2, -0.15) is 5.10 Å². The normalized spacial score (nSPS) is 13.1. The van der Waals surface area contributed by atoms with Gasteiger partial charge in [0.05, 0.1) is 15.9 Å². The second kappa shape index (κ2) is 7.41. The third-order valence-corrected chi connectivity index (χ3v) is 4.22. The number of aryl methyl sites for hydroxylation is 2. The quantitative estimate of drug-likeness (QED) is 0.619. The number of aromatic nitrogens is 2. The molecule has 1 heterocycles. The summed E-state index contributed by atoms with van der Waals surface area (Å²) in [4.78, 5) is 0. The highest BCUT2D eigenvalue weighted by atomic mass is 79.9. The predicted octanol–water partition coefficient (Wildman–Crippen LogP) is 4.24. The summed E-state index contributed by atoms with van der Waals surface area (Å²) in [7, 11) is 0. The van der Waals surface area contributed by atoms with Crippen LogP contribution in [0.15, 0.2) is 16.1 Å². The zero-order chi connectivity index (χ0) is 15.3. The second-order valence-corrected chi connectivity index (χ2v) is 7.15. The van der Waals surface area contributed by atoms with E-state index in [9.17, 15) is 0 Å². The minimum absolute atomic E-state index is 0.197. The smallest absolute Gasteiger partial charge is 0.0738 e. The molecule has 1 N–H and O–H groups in total. The Kier molecular flexibility index (Phi) is 6.46. The Morgan fingerprint density at radius 3 is 2.60 bits per heavy atom. The molecule has 1 aromatic rings. The molecule has 0 saturated heterocycles. The molecule has 0 fully saturated rings. The van der Waals surface area contributed by atoms with Crippen LogP contribution < -0.4 is 5.32 Å². The van der Waals surface area contributed by atoms with E-state index >= 15 is 0 Å². The molecule has 0 spiro atoms. The van der Waals surface area contributed by atoms with Crippen molar-refractivity contribution in [1.82, 2.24) is 15.1 Å². The second-order valence-electron chi connectivity index (χ2n) is 6.35. The Morgan fingerprint density at radius 1 is 1.40 bits per heavy atom. The van der Waals surface area contributed by atoms with E-state index in [4.69, 9.17) is 0 Å². The molecule has 1 rings (SSSR count). The zero-order valence-electron chi connectivity index (χ0n) is 13.7. The van der Waals surface area contributed by atoms with Gasteiger partial charge >= 0.3 is 0 Å². The van der Waals surface area contributed by atoms with Crippen molar-refractivity contribution < 1.29 is 0 Å². The first-order valence-corrected chi connectivity index (χ1v) is 8.16. The third kappa shape index (κ3) is 5.41. The van der Waals surface area contributed by atoms with Gasteiger partial charge in [-0.15, -0.1) is 0 Å². The van der Waals surface area contributed by atoms with E-state index in [-0.39, 0.29) is 5.54 Å². The Bertz CT molecular complexity index is 467. The molecule has 0 unspecified atom stereocenters. The Balaban J connectivity index is 2.60. The lowest BCUT2D eigenvalue weighted by Crippen LogP contribution is -2.36. The molecule has 0 saturated carbocycles. The van der Waals surface area contributed by atoms with Crippen LogP contribution in [0.3, 0.4) is 0 Å². The summed E-state index contributed by atoms with van der Waals surface area (Å²) in [6, 6.07) is 0. The van der Waals surface area contributed by atoms with Gasteiger partial charge in [-0.25, -0.2) is 0 Å². The molecule has 0 amide bonds. The first-order valence-electron chi connectivity index (χ1n) is 7.37. The molecule has 0 atom stereocenters. The van der Waals surface area contributed by atoms with E-state index in [1.165, 1.54) is 11.3 Å². The van der Waals surface area contributed by atoms with Crippen molar-refractivity contribution in [3.8, 4) is 0 Å². The molecule has 20 heavy (non-hydrogen) atoms. The van der Waals surface area contributed by atoms with Crippen LogP contribution in [0.4, 0.5) is 0 Å². The molecule has 0 radical (unpaired) electrons. The maximum absolute atomic E-state index is 4.54. The van der Waals surface area contributed by atoms with Crippen LogP contribution in [0, 0.1) is 6.92 Å². The topological polar surface area (TPSA) is 29.9 Å². The highest BCUT2D eigenvalue weighted by molar-refractivity contribution is 9.10. The average molecular weight is 342 g/mol. The van der Waals surface area contributed by atoms with Crippen molar-refractivity contribution in [2.24, 2.45) is 0 Å². The van der Waals surface area contributed by atoms with Crippen LogP contribution >= 0.6 is 15.9 Å². The van der Waals surface area contributed by atoms with Gasteiger partial charge in [0.2, 0.25) is 0 Å².